The van der Waals surface area contributed by atoms with Gasteiger partial charge >= 0.3 is 0 Å². The van der Waals surface area contributed by atoms with E-state index >= 15 is 0 Å². The summed E-state index contributed by atoms with van der Waals surface area (Å²) >= 11 is 1.65. The third kappa shape index (κ3) is 3.61. The maximum atomic E-state index is 9.29. The first-order valence-electron chi connectivity index (χ1n) is 7.47. The fourth-order valence-corrected chi connectivity index (χ4v) is 3.43. The number of rotatable bonds is 2. The normalized spacial score (nSPS) is 11.6. The number of aryl methyl sites for hydroxylation is 1. The maximum absolute atomic E-state index is 9.29. The zero-order chi connectivity index (χ0) is 16.2. The van der Waals surface area contributed by atoms with Crippen LogP contribution >= 0.6 is 11.3 Å². The van der Waals surface area contributed by atoms with Crippen LogP contribution in [0.3, 0.4) is 0 Å². The summed E-state index contributed by atoms with van der Waals surface area (Å²) in [6.45, 7) is 4.24. The van der Waals surface area contributed by atoms with E-state index in [2.05, 4.69) is 48.0 Å². The predicted molar refractivity (Wildman–Crippen MR) is 94.9 cm³/mol. The SMILES string of the molecule is Cc1nc(C#Cc2ccc(O)cc2)sc1C(C)c1ccccc1. The summed E-state index contributed by atoms with van der Waals surface area (Å²) in [5, 5.41) is 10.1. The molecule has 1 unspecified atom stereocenters. The lowest BCUT2D eigenvalue weighted by molar-refractivity contribution is 0.475. The molecule has 0 aliphatic heterocycles. The van der Waals surface area contributed by atoms with E-state index in [1.807, 2.05) is 13.0 Å². The van der Waals surface area contributed by atoms with Crippen molar-refractivity contribution in [1.29, 1.82) is 0 Å². The molecular formula is C20H17NOS. The highest BCUT2D eigenvalue weighted by Gasteiger charge is 2.15. The first-order valence-corrected chi connectivity index (χ1v) is 8.28. The van der Waals surface area contributed by atoms with Gasteiger partial charge in [0.2, 0.25) is 0 Å². The van der Waals surface area contributed by atoms with Crippen LogP contribution in [0.2, 0.25) is 0 Å². The minimum atomic E-state index is 0.250. The summed E-state index contributed by atoms with van der Waals surface area (Å²) in [5.41, 5.74) is 3.20. The van der Waals surface area contributed by atoms with Gasteiger partial charge in [0.25, 0.3) is 0 Å². The molecule has 114 valence electrons. The molecule has 0 saturated carbocycles. The topological polar surface area (TPSA) is 33.1 Å². The third-order valence-electron chi connectivity index (χ3n) is 3.71. The number of hydrogen-bond acceptors (Lipinski definition) is 3. The first kappa shape index (κ1) is 15.3. The van der Waals surface area contributed by atoms with Gasteiger partial charge < -0.3 is 5.11 Å². The molecule has 3 aromatic rings. The zero-order valence-electron chi connectivity index (χ0n) is 13.1. The molecule has 0 spiro atoms. The molecule has 0 radical (unpaired) electrons. The van der Waals surface area contributed by atoms with Gasteiger partial charge in [-0.15, -0.1) is 11.3 Å². The Labute approximate surface area is 140 Å². The van der Waals surface area contributed by atoms with Crippen LogP contribution in [-0.2, 0) is 0 Å². The molecule has 0 amide bonds. The molecule has 2 aromatic carbocycles. The van der Waals surface area contributed by atoms with Gasteiger partial charge in [-0.05, 0) is 42.7 Å². The molecule has 1 N–H and O–H groups in total. The van der Waals surface area contributed by atoms with E-state index in [1.165, 1.54) is 10.4 Å². The van der Waals surface area contributed by atoms with E-state index < -0.39 is 0 Å². The van der Waals surface area contributed by atoms with E-state index in [0.717, 1.165) is 16.3 Å². The van der Waals surface area contributed by atoms with Crippen LogP contribution in [0, 0.1) is 18.8 Å². The van der Waals surface area contributed by atoms with Crippen molar-refractivity contribution in [3.8, 4) is 17.6 Å². The molecule has 3 rings (SSSR count). The molecule has 0 bridgehead atoms. The summed E-state index contributed by atoms with van der Waals surface area (Å²) in [4.78, 5) is 5.84. The number of thiazole rings is 1. The molecule has 3 heteroatoms. The van der Waals surface area contributed by atoms with Crippen molar-refractivity contribution in [3.63, 3.8) is 0 Å². The second kappa shape index (κ2) is 6.68. The van der Waals surface area contributed by atoms with Gasteiger partial charge in [0.05, 0.1) is 5.69 Å². The number of aromatic nitrogens is 1. The van der Waals surface area contributed by atoms with Crippen LogP contribution in [0.5, 0.6) is 5.75 Å². The number of benzene rings is 2. The van der Waals surface area contributed by atoms with Gasteiger partial charge in [0.15, 0.2) is 5.01 Å². The smallest absolute Gasteiger partial charge is 0.167 e. The van der Waals surface area contributed by atoms with Crippen molar-refractivity contribution >= 4 is 11.3 Å². The Bertz CT molecular complexity index is 854. The van der Waals surface area contributed by atoms with E-state index in [-0.39, 0.29) is 5.75 Å². The lowest BCUT2D eigenvalue weighted by Crippen LogP contribution is -1.94. The summed E-state index contributed by atoms with van der Waals surface area (Å²) in [7, 11) is 0. The van der Waals surface area contributed by atoms with Gasteiger partial charge in [-0.1, -0.05) is 43.2 Å². The van der Waals surface area contributed by atoms with Crippen molar-refractivity contribution in [2.75, 3.05) is 0 Å². The number of aromatic hydroxyl groups is 1. The number of phenols is 1. The third-order valence-corrected chi connectivity index (χ3v) is 4.96. The van der Waals surface area contributed by atoms with Gasteiger partial charge in [-0.25, -0.2) is 4.98 Å². The predicted octanol–water partition coefficient (Wildman–Crippen LogP) is 4.71. The average molecular weight is 319 g/mol. The molecule has 23 heavy (non-hydrogen) atoms. The highest BCUT2D eigenvalue weighted by atomic mass is 32.1. The standard InChI is InChI=1S/C20H17NOS/c1-14(17-6-4-3-5-7-17)20-15(2)21-19(23-20)13-10-16-8-11-18(22)12-9-16/h3-9,11-12,14,22H,1-2H3. The Hall–Kier alpha value is -2.57. The molecule has 0 aliphatic rings. The summed E-state index contributed by atoms with van der Waals surface area (Å²) in [5.74, 6) is 6.79. The van der Waals surface area contributed by atoms with Crippen LogP contribution in [0.15, 0.2) is 54.6 Å². The molecule has 2 nitrogen and oxygen atoms in total. The second-order valence-corrected chi connectivity index (χ2v) is 6.43. The molecule has 0 fully saturated rings. The van der Waals surface area contributed by atoms with Crippen LogP contribution in [0.1, 0.15) is 39.5 Å². The Morgan fingerprint density at radius 3 is 2.39 bits per heavy atom. The van der Waals surface area contributed by atoms with Gasteiger partial charge in [0, 0.05) is 16.4 Å². The minimum Gasteiger partial charge on any atom is -0.508 e. The van der Waals surface area contributed by atoms with E-state index in [0.29, 0.717) is 5.92 Å². The number of phenolic OH excluding ortho intramolecular Hbond substituents is 1. The second-order valence-electron chi connectivity index (χ2n) is 5.40. The van der Waals surface area contributed by atoms with Crippen molar-refractivity contribution < 1.29 is 5.11 Å². The fraction of sp³-hybridized carbons (Fsp3) is 0.150. The van der Waals surface area contributed by atoms with E-state index in [1.54, 1.807) is 35.6 Å². The Balaban J connectivity index is 1.86. The van der Waals surface area contributed by atoms with Gasteiger partial charge in [0.1, 0.15) is 5.75 Å². The average Bonchev–Trinajstić information content (AvgIpc) is 2.95. The zero-order valence-corrected chi connectivity index (χ0v) is 13.9. The maximum Gasteiger partial charge on any atom is 0.167 e. The fourth-order valence-electron chi connectivity index (χ4n) is 2.43. The first-order chi connectivity index (χ1) is 11.1. The Morgan fingerprint density at radius 1 is 1.00 bits per heavy atom. The lowest BCUT2D eigenvalue weighted by Gasteiger charge is -2.09. The lowest BCUT2D eigenvalue weighted by atomic mass is 9.99. The largest absolute Gasteiger partial charge is 0.508 e. The molecule has 0 saturated heterocycles. The molecule has 0 aliphatic carbocycles. The van der Waals surface area contributed by atoms with Crippen molar-refractivity contribution in [3.05, 3.63) is 81.3 Å². The highest BCUT2D eigenvalue weighted by Crippen LogP contribution is 2.31. The van der Waals surface area contributed by atoms with Crippen molar-refractivity contribution in [1.82, 2.24) is 4.98 Å². The Kier molecular flexibility index (Phi) is 4.45. The van der Waals surface area contributed by atoms with Crippen LogP contribution in [0.25, 0.3) is 0 Å². The van der Waals surface area contributed by atoms with Crippen molar-refractivity contribution in [2.24, 2.45) is 0 Å². The van der Waals surface area contributed by atoms with E-state index in [9.17, 15) is 5.11 Å². The van der Waals surface area contributed by atoms with Crippen LogP contribution in [-0.4, -0.2) is 10.1 Å². The minimum absolute atomic E-state index is 0.250. The highest BCUT2D eigenvalue weighted by molar-refractivity contribution is 7.12. The van der Waals surface area contributed by atoms with Crippen LogP contribution in [0.4, 0.5) is 0 Å². The molecule has 1 aromatic heterocycles. The monoisotopic (exact) mass is 319 g/mol. The quantitative estimate of drug-likeness (QED) is 0.694. The van der Waals surface area contributed by atoms with Gasteiger partial charge in [-0.3, -0.25) is 0 Å². The Morgan fingerprint density at radius 2 is 1.70 bits per heavy atom. The summed E-state index contributed by atoms with van der Waals surface area (Å²) < 4.78 is 0. The van der Waals surface area contributed by atoms with Crippen molar-refractivity contribution in [2.45, 2.75) is 19.8 Å². The summed E-state index contributed by atoms with van der Waals surface area (Å²) in [6, 6.07) is 17.3. The molecule has 1 heterocycles. The van der Waals surface area contributed by atoms with Gasteiger partial charge in [-0.2, -0.15) is 0 Å². The molecule has 1 atom stereocenters. The number of nitrogens with zero attached hydrogens (tertiary/aromatic N) is 1. The molecular weight excluding hydrogens is 302 g/mol. The number of hydrogen-bond donors (Lipinski definition) is 1. The summed E-state index contributed by atoms with van der Waals surface area (Å²) in [6.07, 6.45) is 0. The van der Waals surface area contributed by atoms with Crippen LogP contribution < -0.4 is 0 Å². The van der Waals surface area contributed by atoms with E-state index in [4.69, 9.17) is 0 Å².